The molecule has 0 radical (unpaired) electrons. The van der Waals surface area contributed by atoms with Crippen molar-refractivity contribution in [2.75, 3.05) is 12.3 Å². The van der Waals surface area contributed by atoms with Gasteiger partial charge in [0.25, 0.3) is 0 Å². The molecule has 3 nitrogen and oxygen atoms in total. The molecule has 106 valence electrons. The number of thiazole rings is 1. The molecule has 0 unspecified atom stereocenters. The number of hydrogen-bond acceptors (Lipinski definition) is 4. The summed E-state index contributed by atoms with van der Waals surface area (Å²) in [4.78, 5) is 4.64. The first-order valence-corrected chi connectivity index (χ1v) is 7.67. The fourth-order valence-corrected chi connectivity index (χ4v) is 2.83. The van der Waals surface area contributed by atoms with Crippen molar-refractivity contribution >= 4 is 17.0 Å². The minimum Gasteiger partial charge on any atom is -0.493 e. The Morgan fingerprint density at radius 3 is 2.52 bits per heavy atom. The summed E-state index contributed by atoms with van der Waals surface area (Å²) < 4.78 is 5.69. The van der Waals surface area contributed by atoms with Crippen LogP contribution in [0.4, 0.5) is 5.69 Å². The van der Waals surface area contributed by atoms with Gasteiger partial charge in [0, 0.05) is 23.1 Å². The van der Waals surface area contributed by atoms with Crippen LogP contribution >= 0.6 is 11.3 Å². The topological polar surface area (TPSA) is 48.1 Å². The van der Waals surface area contributed by atoms with Crippen LogP contribution in [-0.2, 0) is 6.42 Å². The highest BCUT2D eigenvalue weighted by Gasteiger charge is 2.04. The molecule has 0 aliphatic carbocycles. The van der Waals surface area contributed by atoms with Crippen LogP contribution in [0.25, 0.3) is 10.6 Å². The van der Waals surface area contributed by atoms with Crippen molar-refractivity contribution in [1.82, 2.24) is 4.98 Å². The summed E-state index contributed by atoms with van der Waals surface area (Å²) in [5.41, 5.74) is 8.61. The summed E-state index contributed by atoms with van der Waals surface area (Å²) in [5, 5.41) is 3.15. The van der Waals surface area contributed by atoms with Crippen LogP contribution in [-0.4, -0.2) is 11.6 Å². The zero-order valence-electron chi connectivity index (χ0n) is 11.5. The van der Waals surface area contributed by atoms with Gasteiger partial charge in [0.05, 0.1) is 12.3 Å². The Hall–Kier alpha value is -2.33. The fourth-order valence-electron chi connectivity index (χ4n) is 1.97. The molecule has 0 bridgehead atoms. The highest BCUT2D eigenvalue weighted by Crippen LogP contribution is 2.23. The van der Waals surface area contributed by atoms with Gasteiger partial charge in [-0.25, -0.2) is 4.98 Å². The van der Waals surface area contributed by atoms with Crippen LogP contribution in [0.1, 0.15) is 5.69 Å². The second-order valence-electron chi connectivity index (χ2n) is 4.68. The van der Waals surface area contributed by atoms with E-state index in [2.05, 4.69) is 22.5 Å². The number of nitrogen functional groups attached to an aromatic ring is 1. The number of anilines is 1. The van der Waals surface area contributed by atoms with E-state index in [9.17, 15) is 0 Å². The van der Waals surface area contributed by atoms with Gasteiger partial charge in [-0.1, -0.05) is 30.3 Å². The molecule has 1 aromatic heterocycles. The molecule has 4 heteroatoms. The molecule has 0 aliphatic heterocycles. The number of ether oxygens (including phenoxy) is 1. The Labute approximate surface area is 128 Å². The lowest BCUT2D eigenvalue weighted by Crippen LogP contribution is -2.01. The van der Waals surface area contributed by atoms with Crippen molar-refractivity contribution in [3.63, 3.8) is 0 Å². The maximum atomic E-state index is 5.69. The van der Waals surface area contributed by atoms with Crippen molar-refractivity contribution in [2.24, 2.45) is 0 Å². The van der Waals surface area contributed by atoms with Crippen LogP contribution in [0.15, 0.2) is 60.0 Å². The summed E-state index contributed by atoms with van der Waals surface area (Å²) in [6.07, 6.45) is 0.799. The van der Waals surface area contributed by atoms with E-state index in [0.29, 0.717) is 6.61 Å². The summed E-state index contributed by atoms with van der Waals surface area (Å²) >= 11 is 1.67. The van der Waals surface area contributed by atoms with Gasteiger partial charge in [0.2, 0.25) is 0 Å². The fraction of sp³-hybridized carbons (Fsp3) is 0.118. The van der Waals surface area contributed by atoms with Crippen molar-refractivity contribution in [3.8, 4) is 16.3 Å². The van der Waals surface area contributed by atoms with Crippen molar-refractivity contribution in [2.45, 2.75) is 6.42 Å². The molecule has 2 aromatic carbocycles. The Bertz CT molecular complexity index is 692. The molecule has 0 atom stereocenters. The van der Waals surface area contributed by atoms with Gasteiger partial charge in [-0.3, -0.25) is 0 Å². The van der Waals surface area contributed by atoms with Gasteiger partial charge in [0.15, 0.2) is 0 Å². The highest BCUT2D eigenvalue weighted by atomic mass is 32.1. The normalized spacial score (nSPS) is 10.5. The van der Waals surface area contributed by atoms with E-state index in [-0.39, 0.29) is 0 Å². The van der Waals surface area contributed by atoms with Crippen LogP contribution < -0.4 is 10.5 Å². The Balaban J connectivity index is 1.57. The average molecular weight is 296 g/mol. The van der Waals surface area contributed by atoms with E-state index in [1.54, 1.807) is 11.3 Å². The molecule has 0 spiro atoms. The largest absolute Gasteiger partial charge is 0.493 e. The predicted molar refractivity (Wildman–Crippen MR) is 87.6 cm³/mol. The molecule has 21 heavy (non-hydrogen) atoms. The van der Waals surface area contributed by atoms with Crippen molar-refractivity contribution in [1.29, 1.82) is 0 Å². The molecule has 2 N–H and O–H groups in total. The van der Waals surface area contributed by atoms with Crippen LogP contribution in [0.5, 0.6) is 5.75 Å². The Morgan fingerprint density at radius 1 is 1.00 bits per heavy atom. The van der Waals surface area contributed by atoms with Gasteiger partial charge in [-0.2, -0.15) is 0 Å². The zero-order valence-corrected chi connectivity index (χ0v) is 12.3. The average Bonchev–Trinajstić information content (AvgIpc) is 2.99. The highest BCUT2D eigenvalue weighted by molar-refractivity contribution is 7.13. The number of nitrogens with two attached hydrogens (primary N) is 1. The number of rotatable bonds is 5. The third-order valence-corrected chi connectivity index (χ3v) is 4.02. The first kappa shape index (κ1) is 13.6. The van der Waals surface area contributed by atoms with E-state index in [1.165, 1.54) is 0 Å². The third kappa shape index (κ3) is 3.61. The molecule has 0 saturated carbocycles. The second-order valence-corrected chi connectivity index (χ2v) is 5.54. The summed E-state index contributed by atoms with van der Waals surface area (Å²) in [5.74, 6) is 0.836. The lowest BCUT2D eigenvalue weighted by atomic mass is 10.2. The van der Waals surface area contributed by atoms with Gasteiger partial charge >= 0.3 is 0 Å². The van der Waals surface area contributed by atoms with E-state index < -0.39 is 0 Å². The Morgan fingerprint density at radius 2 is 1.76 bits per heavy atom. The lowest BCUT2D eigenvalue weighted by molar-refractivity contribution is 0.321. The number of nitrogens with zero attached hydrogens (tertiary/aromatic N) is 1. The number of hydrogen-bond donors (Lipinski definition) is 1. The standard InChI is InChI=1S/C17H16N2OS/c18-14-6-8-16(9-7-14)20-11-10-15-12-21-17(19-15)13-4-2-1-3-5-13/h1-9,12H,10-11,18H2. The molecule has 0 saturated heterocycles. The first-order valence-electron chi connectivity index (χ1n) is 6.79. The molecular weight excluding hydrogens is 280 g/mol. The van der Waals surface area contributed by atoms with E-state index in [4.69, 9.17) is 10.5 Å². The minimum atomic E-state index is 0.613. The van der Waals surface area contributed by atoms with Crippen LogP contribution in [0.2, 0.25) is 0 Å². The smallest absolute Gasteiger partial charge is 0.123 e. The monoisotopic (exact) mass is 296 g/mol. The van der Waals surface area contributed by atoms with Crippen LogP contribution in [0.3, 0.4) is 0 Å². The summed E-state index contributed by atoms with van der Waals surface area (Å²) in [6, 6.07) is 17.7. The summed E-state index contributed by atoms with van der Waals surface area (Å²) in [7, 11) is 0. The molecule has 0 fully saturated rings. The van der Waals surface area contributed by atoms with Gasteiger partial charge in [-0.05, 0) is 24.3 Å². The SMILES string of the molecule is Nc1ccc(OCCc2csc(-c3ccccc3)n2)cc1. The predicted octanol–water partition coefficient (Wildman–Crippen LogP) is 4.01. The zero-order chi connectivity index (χ0) is 14.5. The quantitative estimate of drug-likeness (QED) is 0.724. The first-order chi connectivity index (χ1) is 10.3. The van der Waals surface area contributed by atoms with Gasteiger partial charge in [-0.15, -0.1) is 11.3 Å². The lowest BCUT2D eigenvalue weighted by Gasteiger charge is -2.04. The summed E-state index contributed by atoms with van der Waals surface area (Å²) in [6.45, 7) is 0.613. The number of aromatic nitrogens is 1. The van der Waals surface area contributed by atoms with E-state index in [0.717, 1.165) is 34.1 Å². The molecule has 0 aliphatic rings. The molecule has 0 amide bonds. The van der Waals surface area contributed by atoms with Crippen molar-refractivity contribution in [3.05, 3.63) is 65.7 Å². The van der Waals surface area contributed by atoms with Crippen molar-refractivity contribution < 1.29 is 4.74 Å². The molecule has 3 aromatic rings. The van der Waals surface area contributed by atoms with Crippen LogP contribution in [0, 0.1) is 0 Å². The van der Waals surface area contributed by atoms with Gasteiger partial charge < -0.3 is 10.5 Å². The van der Waals surface area contributed by atoms with E-state index >= 15 is 0 Å². The molecular formula is C17H16N2OS. The van der Waals surface area contributed by atoms with Gasteiger partial charge in [0.1, 0.15) is 10.8 Å². The Kier molecular flexibility index (Phi) is 4.17. The maximum absolute atomic E-state index is 5.69. The minimum absolute atomic E-state index is 0.613. The van der Waals surface area contributed by atoms with E-state index in [1.807, 2.05) is 42.5 Å². The molecule has 3 rings (SSSR count). The maximum Gasteiger partial charge on any atom is 0.123 e. The number of benzene rings is 2. The second kappa shape index (κ2) is 6.41. The third-order valence-electron chi connectivity index (χ3n) is 3.08. The molecule has 1 heterocycles.